The normalized spacial score (nSPS) is 20.6. The van der Waals surface area contributed by atoms with Crippen LogP contribution in [0.2, 0.25) is 0 Å². The van der Waals surface area contributed by atoms with E-state index in [0.29, 0.717) is 19.8 Å². The van der Waals surface area contributed by atoms with E-state index in [1.165, 1.54) is 0 Å². The first-order chi connectivity index (χ1) is 9.13. The van der Waals surface area contributed by atoms with E-state index in [1.54, 1.807) is 32.6 Å². The first-order valence-electron chi connectivity index (χ1n) is 7.03. The number of carboxylic acids is 1. The second kappa shape index (κ2) is 5.99. The van der Waals surface area contributed by atoms with Crippen LogP contribution >= 0.6 is 0 Å². The Balaban J connectivity index is 2.80. The molecule has 0 spiro atoms. The highest BCUT2D eigenvalue weighted by Crippen LogP contribution is 2.31. The quantitative estimate of drug-likeness (QED) is 0.824. The SMILES string of the molecule is CCC1COCCN1C(=O)NC(C)(C)C(C)(C)C(=O)O. The first kappa shape index (κ1) is 16.8. The molecule has 2 amide bonds. The second-order valence-electron chi connectivity index (χ2n) is 6.32. The summed E-state index contributed by atoms with van der Waals surface area (Å²) in [5, 5.41) is 12.2. The predicted molar refractivity (Wildman–Crippen MR) is 75.6 cm³/mol. The van der Waals surface area contributed by atoms with Crippen molar-refractivity contribution >= 4 is 12.0 Å². The van der Waals surface area contributed by atoms with Gasteiger partial charge in [0.05, 0.1) is 30.2 Å². The molecule has 1 saturated heterocycles. The van der Waals surface area contributed by atoms with Crippen molar-refractivity contribution in [3.8, 4) is 0 Å². The minimum atomic E-state index is -1.06. The molecule has 1 unspecified atom stereocenters. The summed E-state index contributed by atoms with van der Waals surface area (Å²) in [4.78, 5) is 25.5. The summed E-state index contributed by atoms with van der Waals surface area (Å²) in [5.74, 6) is -0.934. The zero-order chi connectivity index (χ0) is 15.6. The Kier molecular flexibility index (Phi) is 5.02. The number of hydrogen-bond acceptors (Lipinski definition) is 3. The molecule has 1 aliphatic heterocycles. The van der Waals surface area contributed by atoms with Gasteiger partial charge in [0.1, 0.15) is 0 Å². The second-order valence-corrected chi connectivity index (χ2v) is 6.32. The number of carbonyl (C=O) groups is 2. The van der Waals surface area contributed by atoms with Gasteiger partial charge in [0.25, 0.3) is 0 Å². The number of rotatable bonds is 4. The average Bonchev–Trinajstić information content (AvgIpc) is 2.37. The fourth-order valence-corrected chi connectivity index (χ4v) is 2.02. The molecule has 1 fully saturated rings. The number of urea groups is 1. The molecule has 0 aromatic heterocycles. The molecule has 1 rings (SSSR count). The van der Waals surface area contributed by atoms with Crippen LogP contribution in [-0.4, -0.2) is 53.3 Å². The number of aliphatic carboxylic acids is 1. The molecule has 0 aliphatic carbocycles. The van der Waals surface area contributed by atoms with Crippen molar-refractivity contribution in [2.24, 2.45) is 5.41 Å². The van der Waals surface area contributed by atoms with Crippen molar-refractivity contribution in [2.45, 2.75) is 52.6 Å². The highest BCUT2D eigenvalue weighted by atomic mass is 16.5. The van der Waals surface area contributed by atoms with E-state index in [1.807, 2.05) is 6.92 Å². The van der Waals surface area contributed by atoms with Gasteiger partial charge in [-0.15, -0.1) is 0 Å². The highest BCUT2D eigenvalue weighted by Gasteiger charge is 2.45. The number of carbonyl (C=O) groups excluding carboxylic acids is 1. The number of morpholine rings is 1. The Labute approximate surface area is 120 Å². The van der Waals surface area contributed by atoms with Crippen LogP contribution in [0.4, 0.5) is 4.79 Å². The smallest absolute Gasteiger partial charge is 0.318 e. The summed E-state index contributed by atoms with van der Waals surface area (Å²) < 4.78 is 5.37. The molecule has 1 heterocycles. The minimum Gasteiger partial charge on any atom is -0.481 e. The van der Waals surface area contributed by atoms with Gasteiger partial charge in [-0.2, -0.15) is 0 Å². The number of nitrogens with zero attached hydrogens (tertiary/aromatic N) is 1. The summed E-state index contributed by atoms with van der Waals surface area (Å²) >= 11 is 0. The van der Waals surface area contributed by atoms with Crippen LogP contribution in [0, 0.1) is 5.41 Å². The van der Waals surface area contributed by atoms with E-state index in [0.717, 1.165) is 6.42 Å². The van der Waals surface area contributed by atoms with Gasteiger partial charge in [-0.05, 0) is 34.1 Å². The van der Waals surface area contributed by atoms with Gasteiger partial charge in [-0.3, -0.25) is 4.79 Å². The van der Waals surface area contributed by atoms with Gasteiger partial charge in [0, 0.05) is 6.54 Å². The molecule has 116 valence electrons. The van der Waals surface area contributed by atoms with Crippen LogP contribution < -0.4 is 5.32 Å². The molecule has 0 aromatic rings. The molecule has 0 bridgehead atoms. The summed E-state index contributed by atoms with van der Waals surface area (Å²) in [5.41, 5.74) is -1.91. The molecule has 2 N–H and O–H groups in total. The maximum Gasteiger partial charge on any atom is 0.318 e. The lowest BCUT2D eigenvalue weighted by Crippen LogP contribution is -2.62. The first-order valence-corrected chi connectivity index (χ1v) is 7.03. The average molecular weight is 286 g/mol. The molecular formula is C14H26N2O4. The number of carboxylic acid groups (broad SMARTS) is 1. The zero-order valence-corrected chi connectivity index (χ0v) is 13.0. The standard InChI is InChI=1S/C14H26N2O4/c1-6-10-9-20-8-7-16(10)12(19)15-14(4,5)13(2,3)11(17)18/h10H,6-9H2,1-5H3,(H,15,19)(H,17,18). The summed E-state index contributed by atoms with van der Waals surface area (Å²) in [6.45, 7) is 10.3. The maximum absolute atomic E-state index is 12.4. The lowest BCUT2D eigenvalue weighted by atomic mass is 9.74. The van der Waals surface area contributed by atoms with Crippen LogP contribution in [0.3, 0.4) is 0 Å². The predicted octanol–water partition coefficient (Wildman–Crippen LogP) is 1.70. The number of nitrogens with one attached hydrogen (secondary N) is 1. The third-order valence-electron chi connectivity index (χ3n) is 4.48. The summed E-state index contributed by atoms with van der Waals surface area (Å²) in [6.07, 6.45) is 0.816. The molecule has 0 radical (unpaired) electrons. The van der Waals surface area contributed by atoms with Crippen molar-refractivity contribution in [1.29, 1.82) is 0 Å². The van der Waals surface area contributed by atoms with E-state index in [2.05, 4.69) is 5.32 Å². The monoisotopic (exact) mass is 286 g/mol. The van der Waals surface area contributed by atoms with Crippen molar-refractivity contribution in [1.82, 2.24) is 10.2 Å². The van der Waals surface area contributed by atoms with E-state index in [9.17, 15) is 14.7 Å². The van der Waals surface area contributed by atoms with Gasteiger partial charge in [0.2, 0.25) is 0 Å². The van der Waals surface area contributed by atoms with E-state index >= 15 is 0 Å². The van der Waals surface area contributed by atoms with Crippen molar-refractivity contribution < 1.29 is 19.4 Å². The third kappa shape index (κ3) is 3.23. The van der Waals surface area contributed by atoms with Gasteiger partial charge < -0.3 is 20.1 Å². The van der Waals surface area contributed by atoms with Crippen LogP contribution in [0.25, 0.3) is 0 Å². The summed E-state index contributed by atoms with van der Waals surface area (Å²) in [6, 6.07) is -0.174. The Morgan fingerprint density at radius 3 is 2.45 bits per heavy atom. The topological polar surface area (TPSA) is 78.9 Å². The van der Waals surface area contributed by atoms with Gasteiger partial charge in [-0.1, -0.05) is 6.92 Å². The van der Waals surface area contributed by atoms with E-state index in [-0.39, 0.29) is 12.1 Å². The molecule has 1 atom stereocenters. The van der Waals surface area contributed by atoms with Gasteiger partial charge in [0.15, 0.2) is 0 Å². The number of amides is 2. The fourth-order valence-electron chi connectivity index (χ4n) is 2.02. The Morgan fingerprint density at radius 1 is 1.35 bits per heavy atom. The van der Waals surface area contributed by atoms with Crippen LogP contribution in [0.1, 0.15) is 41.0 Å². The Bertz CT molecular complexity index is 379. The minimum absolute atomic E-state index is 0.0486. The van der Waals surface area contributed by atoms with Crippen molar-refractivity contribution in [3.05, 3.63) is 0 Å². The molecule has 0 aromatic carbocycles. The van der Waals surface area contributed by atoms with Gasteiger partial charge >= 0.3 is 12.0 Å². The van der Waals surface area contributed by atoms with Crippen molar-refractivity contribution in [2.75, 3.05) is 19.8 Å². The van der Waals surface area contributed by atoms with Crippen LogP contribution in [0.5, 0.6) is 0 Å². The third-order valence-corrected chi connectivity index (χ3v) is 4.48. The molecule has 6 nitrogen and oxygen atoms in total. The van der Waals surface area contributed by atoms with Crippen molar-refractivity contribution in [3.63, 3.8) is 0 Å². The Hall–Kier alpha value is -1.30. The molecule has 20 heavy (non-hydrogen) atoms. The lowest BCUT2D eigenvalue weighted by Gasteiger charge is -2.42. The maximum atomic E-state index is 12.4. The highest BCUT2D eigenvalue weighted by molar-refractivity contribution is 5.80. The Morgan fingerprint density at radius 2 is 1.95 bits per heavy atom. The molecule has 0 saturated carbocycles. The molecule has 1 aliphatic rings. The number of ether oxygens (including phenoxy) is 1. The fraction of sp³-hybridized carbons (Fsp3) is 0.857. The van der Waals surface area contributed by atoms with Gasteiger partial charge in [-0.25, -0.2) is 4.79 Å². The van der Waals surface area contributed by atoms with E-state index < -0.39 is 16.9 Å². The summed E-state index contributed by atoms with van der Waals surface area (Å²) in [7, 11) is 0. The number of hydrogen-bond donors (Lipinski definition) is 2. The van der Waals surface area contributed by atoms with Crippen LogP contribution in [-0.2, 0) is 9.53 Å². The largest absolute Gasteiger partial charge is 0.481 e. The zero-order valence-electron chi connectivity index (χ0n) is 13.0. The van der Waals surface area contributed by atoms with Crippen LogP contribution in [0.15, 0.2) is 0 Å². The van der Waals surface area contributed by atoms with E-state index in [4.69, 9.17) is 4.74 Å². The molecule has 6 heteroatoms. The lowest BCUT2D eigenvalue weighted by molar-refractivity contribution is -0.150. The molecular weight excluding hydrogens is 260 g/mol.